The summed E-state index contributed by atoms with van der Waals surface area (Å²) in [6, 6.07) is -1.20. The molecular formula is C39H49F18IrN3-6. The Morgan fingerprint density at radius 2 is 0.738 bits per heavy atom. The fourth-order valence-corrected chi connectivity index (χ4v) is 9.00. The fraction of sp³-hybridized carbons (Fsp3) is 0.872. The molecule has 1 radical (unpaired) electrons. The normalized spacial score (nSPS) is 35.0. The van der Waals surface area contributed by atoms with E-state index >= 15 is 0 Å². The van der Waals surface area contributed by atoms with Crippen LogP contribution in [-0.2, 0) is 20.1 Å². The van der Waals surface area contributed by atoms with Crippen LogP contribution in [0.15, 0.2) is 11.6 Å². The van der Waals surface area contributed by atoms with Crippen LogP contribution >= 0.6 is 0 Å². The van der Waals surface area contributed by atoms with Crippen LogP contribution in [0.3, 0.4) is 0 Å². The van der Waals surface area contributed by atoms with Crippen LogP contribution in [0, 0.1) is 66.6 Å². The molecule has 3 aliphatic heterocycles. The van der Waals surface area contributed by atoms with Gasteiger partial charge in [-0.3, -0.25) is 0 Å². The van der Waals surface area contributed by atoms with E-state index in [0.29, 0.717) is 19.3 Å². The van der Waals surface area contributed by atoms with Gasteiger partial charge in [-0.25, -0.2) is 0 Å². The summed E-state index contributed by atoms with van der Waals surface area (Å²) in [5, 5.41) is 11.9. The van der Waals surface area contributed by atoms with Crippen LogP contribution < -0.4 is 0 Å². The fourth-order valence-electron chi connectivity index (χ4n) is 9.00. The third-order valence-electron chi connectivity index (χ3n) is 12.6. The van der Waals surface area contributed by atoms with Crippen LogP contribution in [0.1, 0.15) is 89.9 Å². The SMILES string of the molecule is FC(F)(F)C1=CCC(C2[CH-]CCC(C(F)(F)F)C2)[N-]C1.FC(F)(F)C1CCC(C2[CH-]CCC(C(F)(F)F)C2)[N-]C1.FC(F)(F)C1CCC(C2[CH-]CCC(C(F)(F)F)C2)[N-]C1.[Ir]. The van der Waals surface area contributed by atoms with Gasteiger partial charge in [0.15, 0.2) is 0 Å². The van der Waals surface area contributed by atoms with Crippen LogP contribution in [-0.4, -0.2) is 74.8 Å². The van der Waals surface area contributed by atoms with Gasteiger partial charge >= 0.3 is 37.1 Å². The van der Waals surface area contributed by atoms with Gasteiger partial charge in [0, 0.05) is 37.5 Å². The van der Waals surface area contributed by atoms with E-state index in [1.54, 1.807) is 6.42 Å². The Bertz CT molecular complexity index is 1260. The number of halogens is 18. The van der Waals surface area contributed by atoms with Crippen LogP contribution in [0.2, 0.25) is 0 Å². The summed E-state index contributed by atoms with van der Waals surface area (Å²) in [6.07, 6.45) is -17.4. The molecule has 0 aromatic carbocycles. The molecule has 0 aromatic rings. The van der Waals surface area contributed by atoms with Gasteiger partial charge in [0.1, 0.15) is 0 Å². The molecule has 0 spiro atoms. The Hall–Kier alpha value is -0.991. The Morgan fingerprint density at radius 3 is 0.984 bits per heavy atom. The molecule has 3 aliphatic carbocycles. The second-order valence-electron chi connectivity index (χ2n) is 16.7. The van der Waals surface area contributed by atoms with Crippen molar-refractivity contribution in [1.82, 2.24) is 0 Å². The van der Waals surface area contributed by atoms with Crippen molar-refractivity contribution in [2.45, 2.75) is 145 Å². The zero-order chi connectivity index (χ0) is 44.9. The third kappa shape index (κ3) is 16.7. The maximum Gasteiger partial charge on any atom is 0.410 e. The Kier molecular flexibility index (Phi) is 19.6. The van der Waals surface area contributed by atoms with Crippen molar-refractivity contribution in [3.05, 3.63) is 46.9 Å². The van der Waals surface area contributed by atoms with Gasteiger partial charge in [-0.15, -0.1) is 19.6 Å². The van der Waals surface area contributed by atoms with E-state index in [4.69, 9.17) is 0 Å². The van der Waals surface area contributed by atoms with E-state index in [1.165, 1.54) is 0 Å². The van der Waals surface area contributed by atoms with Gasteiger partial charge in [0.2, 0.25) is 0 Å². The van der Waals surface area contributed by atoms with Gasteiger partial charge in [0.25, 0.3) is 0 Å². The van der Waals surface area contributed by atoms with Crippen molar-refractivity contribution in [1.29, 1.82) is 0 Å². The number of alkyl halides is 18. The van der Waals surface area contributed by atoms with Gasteiger partial charge in [0.05, 0.1) is 17.8 Å². The van der Waals surface area contributed by atoms with Crippen molar-refractivity contribution in [3.8, 4) is 0 Å². The Balaban J connectivity index is 0.000000242. The first kappa shape index (κ1) is 54.3. The first-order chi connectivity index (χ1) is 27.5. The molecule has 2 saturated heterocycles. The summed E-state index contributed by atoms with van der Waals surface area (Å²) in [5.74, 6) is -7.93. The van der Waals surface area contributed by atoms with Crippen LogP contribution in [0.4, 0.5) is 79.0 Å². The van der Waals surface area contributed by atoms with Crippen molar-refractivity contribution < 1.29 is 99.1 Å². The minimum absolute atomic E-state index is 0. The van der Waals surface area contributed by atoms with E-state index in [2.05, 4.69) is 16.0 Å². The largest absolute Gasteiger partial charge is 0.661 e. The third-order valence-corrected chi connectivity index (χ3v) is 12.6. The van der Waals surface area contributed by atoms with Crippen LogP contribution in [0.25, 0.3) is 16.0 Å². The van der Waals surface area contributed by atoms with Crippen LogP contribution in [0.5, 0.6) is 0 Å². The molecule has 0 bridgehead atoms. The number of rotatable bonds is 3. The van der Waals surface area contributed by atoms with Crippen molar-refractivity contribution in [3.63, 3.8) is 0 Å². The monoisotopic (exact) mass is 1090 g/mol. The summed E-state index contributed by atoms with van der Waals surface area (Å²) in [6.45, 7) is -1.07. The molecule has 0 amide bonds. The predicted molar refractivity (Wildman–Crippen MR) is 186 cm³/mol. The smallest absolute Gasteiger partial charge is 0.410 e. The second-order valence-corrected chi connectivity index (χ2v) is 16.7. The maximum absolute atomic E-state index is 12.7. The molecule has 61 heavy (non-hydrogen) atoms. The molecule has 5 fully saturated rings. The van der Waals surface area contributed by atoms with Gasteiger partial charge in [-0.05, 0) is 12.8 Å². The summed E-state index contributed by atoms with van der Waals surface area (Å²) in [7, 11) is 0. The molecule has 6 rings (SSSR count). The minimum atomic E-state index is -4.39. The summed E-state index contributed by atoms with van der Waals surface area (Å²) >= 11 is 0. The summed E-state index contributed by atoms with van der Waals surface area (Å²) in [5.41, 5.74) is -0.697. The molecule has 22 heteroatoms. The second kappa shape index (κ2) is 22.0. The number of nitrogens with zero attached hydrogens (tertiary/aromatic N) is 3. The van der Waals surface area contributed by atoms with Gasteiger partial charge < -0.3 is 35.2 Å². The van der Waals surface area contributed by atoms with E-state index in [9.17, 15) is 79.0 Å². The van der Waals surface area contributed by atoms with E-state index < -0.39 is 84.8 Å². The molecule has 11 atom stereocenters. The maximum atomic E-state index is 12.7. The van der Waals surface area contributed by atoms with Gasteiger partial charge in [-0.2, -0.15) is 134 Å². The molecule has 0 aromatic heterocycles. The topological polar surface area (TPSA) is 42.3 Å². The van der Waals surface area contributed by atoms with Crippen molar-refractivity contribution in [2.24, 2.45) is 47.3 Å². The minimum Gasteiger partial charge on any atom is -0.661 e. The van der Waals surface area contributed by atoms with E-state index in [1.807, 2.05) is 12.8 Å². The van der Waals surface area contributed by atoms with E-state index in [0.717, 1.165) is 6.08 Å². The van der Waals surface area contributed by atoms with Crippen molar-refractivity contribution >= 4 is 0 Å². The van der Waals surface area contributed by atoms with E-state index in [-0.39, 0.29) is 134 Å². The molecule has 11 unspecified atom stereocenters. The summed E-state index contributed by atoms with van der Waals surface area (Å²) < 4.78 is 227. The average molecular weight is 1090 g/mol. The molecule has 3 heterocycles. The Morgan fingerprint density at radius 1 is 0.410 bits per heavy atom. The first-order valence-electron chi connectivity index (χ1n) is 20.1. The number of hydrogen-bond donors (Lipinski definition) is 0. The Labute approximate surface area is 357 Å². The zero-order valence-corrected chi connectivity index (χ0v) is 35.1. The quantitative estimate of drug-likeness (QED) is 0.154. The number of hydrogen-bond acceptors (Lipinski definition) is 0. The number of piperidine rings is 2. The first-order valence-corrected chi connectivity index (χ1v) is 20.1. The molecule has 0 N–H and O–H groups in total. The average Bonchev–Trinajstić information content (AvgIpc) is 3.17. The standard InChI is InChI=1S/2C13H17F6N.C13H15F6N.Ir/c3*14-12(15,16)9-3-1-2-8(6-9)11-5-4-10(7-20-11)13(17,18)19;/h2*2,8-11H,1,3-7H2;2,4,8-9,11H,1,3,5-7H2;/q3*-2;. The molecule has 3 nitrogen and oxygen atoms in total. The zero-order valence-electron chi connectivity index (χ0n) is 32.7. The van der Waals surface area contributed by atoms with Gasteiger partial charge in [-0.1, -0.05) is 63.9 Å². The molecule has 361 valence electrons. The summed E-state index contributed by atoms with van der Waals surface area (Å²) in [4.78, 5) is 0. The van der Waals surface area contributed by atoms with Crippen molar-refractivity contribution in [2.75, 3.05) is 19.6 Å². The molecule has 6 aliphatic rings. The predicted octanol–water partition coefficient (Wildman–Crippen LogP) is 14.6. The molecule has 3 saturated carbocycles. The molecular weight excluding hydrogens is 1040 g/mol.